The van der Waals surface area contributed by atoms with Crippen LogP contribution in [-0.4, -0.2) is 14.8 Å². The fourth-order valence-electron chi connectivity index (χ4n) is 1.19. The van der Waals surface area contributed by atoms with E-state index < -0.39 is 0 Å². The molecule has 0 spiro atoms. The molecule has 0 aliphatic carbocycles. The van der Waals surface area contributed by atoms with Crippen LogP contribution in [0.5, 0.6) is 0 Å². The van der Waals surface area contributed by atoms with E-state index in [4.69, 9.17) is 0 Å². The molecule has 1 rings (SSSR count). The molecule has 0 saturated heterocycles. The molecule has 0 amide bonds. The summed E-state index contributed by atoms with van der Waals surface area (Å²) < 4.78 is 0. The van der Waals surface area contributed by atoms with Crippen LogP contribution in [0.25, 0.3) is 0 Å². The first-order valence-corrected chi connectivity index (χ1v) is 5.89. The molecule has 0 aliphatic rings. The summed E-state index contributed by atoms with van der Waals surface area (Å²) in [4.78, 5) is 9.00. The SMILES string of the molecule is CC(C)c1cc(C(C)C(C)Br)ncn1. The second-order valence-electron chi connectivity index (χ2n) is 3.99. The topological polar surface area (TPSA) is 25.8 Å². The van der Waals surface area contributed by atoms with Crippen LogP contribution in [0.2, 0.25) is 0 Å². The Bertz CT molecular complexity index is 297. The second kappa shape index (κ2) is 4.87. The normalized spacial score (nSPS) is 15.6. The van der Waals surface area contributed by atoms with E-state index >= 15 is 0 Å². The molecule has 0 radical (unpaired) electrons. The Labute approximate surface area is 94.3 Å². The number of hydrogen-bond donors (Lipinski definition) is 0. The highest BCUT2D eigenvalue weighted by Gasteiger charge is 2.14. The van der Waals surface area contributed by atoms with E-state index in [0.29, 0.717) is 16.7 Å². The fraction of sp³-hybridized carbons (Fsp3) is 0.636. The number of nitrogens with zero attached hydrogens (tertiary/aromatic N) is 2. The van der Waals surface area contributed by atoms with Crippen LogP contribution >= 0.6 is 15.9 Å². The summed E-state index contributed by atoms with van der Waals surface area (Å²) in [6, 6.07) is 2.10. The van der Waals surface area contributed by atoms with Crippen molar-refractivity contribution in [3.8, 4) is 0 Å². The lowest BCUT2D eigenvalue weighted by molar-refractivity contribution is 0.714. The predicted molar refractivity (Wildman–Crippen MR) is 62.9 cm³/mol. The molecule has 1 aromatic heterocycles. The van der Waals surface area contributed by atoms with Crippen molar-refractivity contribution < 1.29 is 0 Å². The van der Waals surface area contributed by atoms with Gasteiger partial charge in [-0.15, -0.1) is 0 Å². The van der Waals surface area contributed by atoms with Crippen LogP contribution in [0.15, 0.2) is 12.4 Å². The van der Waals surface area contributed by atoms with Crippen molar-refractivity contribution in [1.29, 1.82) is 0 Å². The molecule has 78 valence electrons. The molecule has 2 atom stereocenters. The van der Waals surface area contributed by atoms with E-state index in [1.807, 2.05) is 0 Å². The maximum atomic E-state index is 4.30. The standard InChI is InChI=1S/C11H17BrN2/c1-7(2)10-5-11(14-6-13-10)8(3)9(4)12/h5-9H,1-4H3. The summed E-state index contributed by atoms with van der Waals surface area (Å²) in [6.45, 7) is 8.61. The lowest BCUT2D eigenvalue weighted by atomic mass is 10.0. The summed E-state index contributed by atoms with van der Waals surface area (Å²) in [5.74, 6) is 0.894. The van der Waals surface area contributed by atoms with Crippen molar-refractivity contribution in [2.45, 2.75) is 44.4 Å². The number of aromatic nitrogens is 2. The van der Waals surface area contributed by atoms with Crippen molar-refractivity contribution in [2.24, 2.45) is 0 Å². The molecule has 3 heteroatoms. The summed E-state index contributed by atoms with van der Waals surface area (Å²) in [5, 5.41) is 0. The summed E-state index contributed by atoms with van der Waals surface area (Å²) in [5.41, 5.74) is 2.24. The van der Waals surface area contributed by atoms with E-state index in [1.54, 1.807) is 6.33 Å². The molecule has 0 saturated carbocycles. The molecule has 2 nitrogen and oxygen atoms in total. The van der Waals surface area contributed by atoms with Crippen molar-refractivity contribution in [2.75, 3.05) is 0 Å². The lowest BCUT2D eigenvalue weighted by Crippen LogP contribution is -2.08. The van der Waals surface area contributed by atoms with Crippen LogP contribution in [0.1, 0.15) is 50.9 Å². The molecule has 0 N–H and O–H groups in total. The van der Waals surface area contributed by atoms with Gasteiger partial charge in [-0.05, 0) is 12.0 Å². The van der Waals surface area contributed by atoms with E-state index in [2.05, 4.69) is 59.7 Å². The van der Waals surface area contributed by atoms with E-state index in [0.717, 1.165) is 11.4 Å². The number of alkyl halides is 1. The van der Waals surface area contributed by atoms with Crippen LogP contribution < -0.4 is 0 Å². The summed E-state index contributed by atoms with van der Waals surface area (Å²) in [6.07, 6.45) is 1.66. The molecule has 0 bridgehead atoms. The zero-order valence-electron chi connectivity index (χ0n) is 9.16. The molecule has 14 heavy (non-hydrogen) atoms. The zero-order chi connectivity index (χ0) is 10.7. The number of hydrogen-bond acceptors (Lipinski definition) is 2. The summed E-state index contributed by atoms with van der Waals surface area (Å²) in [7, 11) is 0. The average molecular weight is 257 g/mol. The first kappa shape index (κ1) is 11.6. The monoisotopic (exact) mass is 256 g/mol. The Morgan fingerprint density at radius 2 is 1.64 bits per heavy atom. The minimum Gasteiger partial charge on any atom is -0.241 e. The second-order valence-corrected chi connectivity index (χ2v) is 5.43. The molecule has 0 aromatic carbocycles. The first-order chi connectivity index (χ1) is 6.52. The molecule has 2 unspecified atom stereocenters. The van der Waals surface area contributed by atoms with Crippen LogP contribution in [0.4, 0.5) is 0 Å². The largest absolute Gasteiger partial charge is 0.241 e. The third-order valence-electron chi connectivity index (χ3n) is 2.46. The highest BCUT2D eigenvalue weighted by molar-refractivity contribution is 9.09. The molecular formula is C11H17BrN2. The third kappa shape index (κ3) is 2.77. The maximum absolute atomic E-state index is 4.30. The number of halogens is 1. The maximum Gasteiger partial charge on any atom is 0.115 e. The quantitative estimate of drug-likeness (QED) is 0.774. The summed E-state index contributed by atoms with van der Waals surface area (Å²) >= 11 is 3.58. The van der Waals surface area contributed by atoms with Crippen molar-refractivity contribution >= 4 is 15.9 Å². The van der Waals surface area contributed by atoms with Crippen LogP contribution in [0.3, 0.4) is 0 Å². The predicted octanol–water partition coefficient (Wildman–Crippen LogP) is 3.49. The van der Waals surface area contributed by atoms with Gasteiger partial charge >= 0.3 is 0 Å². The average Bonchev–Trinajstić information content (AvgIpc) is 2.16. The minimum atomic E-state index is 0.426. The molecule has 1 aromatic rings. The van der Waals surface area contributed by atoms with Gasteiger partial charge in [0.2, 0.25) is 0 Å². The van der Waals surface area contributed by atoms with Gasteiger partial charge in [0.15, 0.2) is 0 Å². The van der Waals surface area contributed by atoms with Gasteiger partial charge in [-0.25, -0.2) is 9.97 Å². The molecule has 0 aliphatic heterocycles. The van der Waals surface area contributed by atoms with Gasteiger partial charge < -0.3 is 0 Å². The van der Waals surface area contributed by atoms with E-state index in [9.17, 15) is 0 Å². The molecule has 1 heterocycles. The number of rotatable bonds is 3. The smallest absolute Gasteiger partial charge is 0.115 e. The van der Waals surface area contributed by atoms with E-state index in [1.165, 1.54) is 0 Å². The first-order valence-electron chi connectivity index (χ1n) is 4.98. The van der Waals surface area contributed by atoms with Gasteiger partial charge in [0, 0.05) is 22.1 Å². The van der Waals surface area contributed by atoms with Gasteiger partial charge in [-0.2, -0.15) is 0 Å². The van der Waals surface area contributed by atoms with Gasteiger partial charge in [0.05, 0.1) is 0 Å². The lowest BCUT2D eigenvalue weighted by Gasteiger charge is -2.14. The van der Waals surface area contributed by atoms with Crippen molar-refractivity contribution in [3.05, 3.63) is 23.8 Å². The van der Waals surface area contributed by atoms with Crippen LogP contribution in [-0.2, 0) is 0 Å². The minimum absolute atomic E-state index is 0.426. The molecular weight excluding hydrogens is 240 g/mol. The third-order valence-corrected chi connectivity index (χ3v) is 3.25. The Morgan fingerprint density at radius 1 is 1.07 bits per heavy atom. The van der Waals surface area contributed by atoms with Gasteiger partial charge in [0.25, 0.3) is 0 Å². The van der Waals surface area contributed by atoms with Gasteiger partial charge in [0.1, 0.15) is 6.33 Å². The van der Waals surface area contributed by atoms with Gasteiger partial charge in [-0.3, -0.25) is 0 Å². The Hall–Kier alpha value is -0.440. The highest BCUT2D eigenvalue weighted by Crippen LogP contribution is 2.23. The van der Waals surface area contributed by atoms with Crippen molar-refractivity contribution in [1.82, 2.24) is 9.97 Å². The highest BCUT2D eigenvalue weighted by atomic mass is 79.9. The van der Waals surface area contributed by atoms with E-state index in [-0.39, 0.29) is 0 Å². The zero-order valence-corrected chi connectivity index (χ0v) is 10.7. The molecule has 0 fully saturated rings. The Kier molecular flexibility index (Phi) is 4.05. The Morgan fingerprint density at radius 3 is 2.14 bits per heavy atom. The van der Waals surface area contributed by atoms with Crippen molar-refractivity contribution in [3.63, 3.8) is 0 Å². The van der Waals surface area contributed by atoms with Crippen LogP contribution in [0, 0.1) is 0 Å². The Balaban J connectivity index is 2.93. The fourth-order valence-corrected chi connectivity index (χ4v) is 1.46. The van der Waals surface area contributed by atoms with Gasteiger partial charge in [-0.1, -0.05) is 43.6 Å².